The molecule has 1 atom stereocenters. The highest BCUT2D eigenvalue weighted by atomic mass is 19.1. The number of methoxy groups -OCH3 is 1. The van der Waals surface area contributed by atoms with Crippen molar-refractivity contribution in [3.8, 4) is 0 Å². The Hall–Kier alpha value is -2.39. The van der Waals surface area contributed by atoms with Gasteiger partial charge in [0, 0.05) is 33.3 Å². The Morgan fingerprint density at radius 3 is 2.33 bits per heavy atom. The number of aromatic nitrogens is 1. The van der Waals surface area contributed by atoms with Crippen LogP contribution >= 0.6 is 0 Å². The number of hydrogen-bond acceptors (Lipinski definition) is 8. The third-order valence-electron chi connectivity index (χ3n) is 5.24. The van der Waals surface area contributed by atoms with Gasteiger partial charge in [-0.15, -0.1) is 0 Å². The number of rotatable bonds is 9. The second-order valence-corrected chi connectivity index (χ2v) is 7.51. The van der Waals surface area contributed by atoms with Gasteiger partial charge < -0.3 is 25.1 Å². The van der Waals surface area contributed by atoms with Gasteiger partial charge in [0.1, 0.15) is 0 Å². The molecule has 1 aromatic heterocycles. The number of hydrazine groups is 1. The van der Waals surface area contributed by atoms with Crippen LogP contribution < -0.4 is 16.5 Å². The smallest absolute Gasteiger partial charge is 0.306 e. The Balaban J connectivity index is 0. The third-order valence-corrected chi connectivity index (χ3v) is 5.24. The summed E-state index contributed by atoms with van der Waals surface area (Å²) in [7, 11) is 3.18. The van der Waals surface area contributed by atoms with Crippen LogP contribution in [0.1, 0.15) is 86.0 Å². The first kappa shape index (κ1) is 35.8. The summed E-state index contributed by atoms with van der Waals surface area (Å²) in [5.74, 6) is 5.38. The number of hydrogen-bond donors (Lipinski definition) is 2. The Morgan fingerprint density at radius 2 is 1.83 bits per heavy atom. The highest BCUT2D eigenvalue weighted by Crippen LogP contribution is 2.31. The SMILES string of the molecule is CC.CC.CC.CCOC(=O)CC1CCCN(c2c(F)cc(/C(N)=C(\COC)N(C)N)nc2CC)C1. The molecule has 2 rings (SSSR count). The minimum atomic E-state index is -0.381. The highest BCUT2D eigenvalue weighted by Gasteiger charge is 2.27. The molecule has 8 nitrogen and oxygen atoms in total. The predicted octanol–water partition coefficient (Wildman–Crippen LogP) is 5.11. The molecule has 0 aromatic carbocycles. The van der Waals surface area contributed by atoms with Crippen molar-refractivity contribution in [1.82, 2.24) is 9.99 Å². The normalized spacial score (nSPS) is 15.1. The molecular formula is C27H52FN5O3. The van der Waals surface area contributed by atoms with Crippen LogP contribution in [-0.2, 0) is 20.7 Å². The quantitative estimate of drug-likeness (QED) is 0.266. The van der Waals surface area contributed by atoms with Crippen molar-refractivity contribution in [3.05, 3.63) is 29.0 Å². The van der Waals surface area contributed by atoms with E-state index in [0.29, 0.717) is 48.8 Å². The largest absolute Gasteiger partial charge is 0.466 e. The summed E-state index contributed by atoms with van der Waals surface area (Å²) in [6, 6.07) is 1.35. The molecule has 1 unspecified atom stereocenters. The van der Waals surface area contributed by atoms with Gasteiger partial charge in [-0.05, 0) is 32.1 Å². The van der Waals surface area contributed by atoms with Crippen molar-refractivity contribution in [1.29, 1.82) is 0 Å². The van der Waals surface area contributed by atoms with Gasteiger partial charge in [0.2, 0.25) is 0 Å². The molecule has 210 valence electrons. The summed E-state index contributed by atoms with van der Waals surface area (Å²) in [5.41, 5.74) is 8.48. The van der Waals surface area contributed by atoms with Gasteiger partial charge in [-0.25, -0.2) is 15.2 Å². The second-order valence-electron chi connectivity index (χ2n) is 7.51. The summed E-state index contributed by atoms with van der Waals surface area (Å²) >= 11 is 0. The van der Waals surface area contributed by atoms with Crippen molar-refractivity contribution in [2.75, 3.05) is 45.4 Å². The molecule has 0 saturated carbocycles. The van der Waals surface area contributed by atoms with Crippen LogP contribution in [0, 0.1) is 11.7 Å². The van der Waals surface area contributed by atoms with E-state index in [1.54, 1.807) is 14.0 Å². The zero-order chi connectivity index (χ0) is 28.3. The number of anilines is 1. The van der Waals surface area contributed by atoms with E-state index < -0.39 is 0 Å². The zero-order valence-electron chi connectivity index (χ0n) is 24.4. The maximum atomic E-state index is 15.3. The highest BCUT2D eigenvalue weighted by molar-refractivity contribution is 5.70. The molecule has 1 fully saturated rings. The van der Waals surface area contributed by atoms with Crippen molar-refractivity contribution in [3.63, 3.8) is 0 Å². The maximum Gasteiger partial charge on any atom is 0.306 e. The van der Waals surface area contributed by atoms with Crippen LogP contribution in [0.4, 0.5) is 10.1 Å². The number of piperidine rings is 1. The van der Waals surface area contributed by atoms with E-state index in [2.05, 4.69) is 4.98 Å². The summed E-state index contributed by atoms with van der Waals surface area (Å²) in [5, 5.41) is 1.35. The van der Waals surface area contributed by atoms with E-state index in [4.69, 9.17) is 21.1 Å². The van der Waals surface area contributed by atoms with Gasteiger partial charge >= 0.3 is 5.97 Å². The van der Waals surface area contributed by atoms with Gasteiger partial charge in [-0.3, -0.25) is 4.79 Å². The molecule has 0 spiro atoms. The number of carbonyl (C=O) groups is 1. The van der Waals surface area contributed by atoms with Gasteiger partial charge in [-0.1, -0.05) is 48.5 Å². The Labute approximate surface area is 219 Å². The number of ether oxygens (including phenoxy) is 2. The average molecular weight is 514 g/mol. The number of aryl methyl sites for hydroxylation is 1. The molecule has 1 saturated heterocycles. The van der Waals surface area contributed by atoms with Crippen LogP contribution in [0.5, 0.6) is 0 Å². The molecule has 1 aliphatic rings. The van der Waals surface area contributed by atoms with E-state index in [9.17, 15) is 4.79 Å². The van der Waals surface area contributed by atoms with Crippen LogP contribution in [0.2, 0.25) is 0 Å². The molecule has 0 aliphatic carbocycles. The fourth-order valence-corrected chi connectivity index (χ4v) is 3.82. The van der Waals surface area contributed by atoms with Crippen molar-refractivity contribution < 1.29 is 18.7 Å². The summed E-state index contributed by atoms with van der Waals surface area (Å²) < 4.78 is 25.5. The lowest BCUT2D eigenvalue weighted by Crippen LogP contribution is -2.38. The average Bonchev–Trinajstić information content (AvgIpc) is 2.90. The first-order valence-electron chi connectivity index (χ1n) is 13.4. The lowest BCUT2D eigenvalue weighted by Gasteiger charge is -2.35. The predicted molar refractivity (Wildman–Crippen MR) is 149 cm³/mol. The Morgan fingerprint density at radius 1 is 1.22 bits per heavy atom. The fourth-order valence-electron chi connectivity index (χ4n) is 3.82. The van der Waals surface area contributed by atoms with E-state index in [-0.39, 0.29) is 30.0 Å². The molecule has 1 aliphatic heterocycles. The Kier molecular flexibility index (Phi) is 20.6. The standard InChI is InChI=1S/C21H34FN5O3.3C2H6/c1-5-16-21(27-9-7-8-14(12-27)10-19(28)30-6-2)15(22)11-17(25-16)20(23)18(13-29-4)26(3)24;3*1-2/h11,14H,5-10,12-13,23-24H2,1-4H3;3*1-2H3/b20-18-;;;. The van der Waals surface area contributed by atoms with Crippen molar-refractivity contribution in [2.45, 2.75) is 81.1 Å². The van der Waals surface area contributed by atoms with E-state index in [0.717, 1.165) is 19.4 Å². The lowest BCUT2D eigenvalue weighted by molar-refractivity contribution is -0.144. The molecule has 2 heterocycles. The third kappa shape index (κ3) is 11.1. The molecule has 36 heavy (non-hydrogen) atoms. The molecule has 4 N–H and O–H groups in total. The van der Waals surface area contributed by atoms with Crippen LogP contribution in [0.25, 0.3) is 5.70 Å². The number of carbonyl (C=O) groups excluding carboxylic acids is 1. The lowest BCUT2D eigenvalue weighted by atomic mass is 9.94. The second kappa shape index (κ2) is 20.8. The topological polar surface area (TPSA) is 107 Å². The number of pyridine rings is 1. The molecule has 9 heteroatoms. The van der Waals surface area contributed by atoms with Gasteiger partial charge in [0.15, 0.2) is 5.82 Å². The summed E-state index contributed by atoms with van der Waals surface area (Å²) in [6.07, 6.45) is 2.69. The number of halogens is 1. The van der Waals surface area contributed by atoms with Crippen molar-refractivity contribution in [2.24, 2.45) is 17.5 Å². The minimum absolute atomic E-state index is 0.130. The van der Waals surface area contributed by atoms with Gasteiger partial charge in [-0.2, -0.15) is 0 Å². The molecule has 1 aromatic rings. The molecular weight excluding hydrogens is 461 g/mol. The molecule has 0 amide bonds. The maximum absolute atomic E-state index is 15.3. The zero-order valence-corrected chi connectivity index (χ0v) is 24.4. The van der Waals surface area contributed by atoms with Crippen LogP contribution in [0.15, 0.2) is 11.8 Å². The fraction of sp³-hybridized carbons (Fsp3) is 0.704. The van der Waals surface area contributed by atoms with Crippen molar-refractivity contribution >= 4 is 17.4 Å². The first-order chi connectivity index (χ1) is 17.3. The van der Waals surface area contributed by atoms with E-state index >= 15 is 4.39 Å². The summed E-state index contributed by atoms with van der Waals surface area (Å²) in [4.78, 5) is 18.5. The minimum Gasteiger partial charge on any atom is -0.466 e. The summed E-state index contributed by atoms with van der Waals surface area (Å²) in [6.45, 7) is 17.6. The number of nitrogens with two attached hydrogens (primary N) is 2. The monoisotopic (exact) mass is 513 g/mol. The van der Waals surface area contributed by atoms with E-state index in [1.807, 2.05) is 53.4 Å². The van der Waals surface area contributed by atoms with Crippen LogP contribution in [-0.4, -0.2) is 56.4 Å². The Bertz CT molecular complexity index is 772. The number of nitrogens with zero attached hydrogens (tertiary/aromatic N) is 3. The number of likely N-dealkylation sites (N-methyl/N-ethyl adjacent to an activating group) is 1. The van der Waals surface area contributed by atoms with Gasteiger partial charge in [0.25, 0.3) is 0 Å². The molecule has 0 bridgehead atoms. The molecule has 0 radical (unpaired) electrons. The van der Waals surface area contributed by atoms with E-state index in [1.165, 1.54) is 18.2 Å². The first-order valence-corrected chi connectivity index (χ1v) is 13.4. The number of esters is 1. The van der Waals surface area contributed by atoms with Gasteiger partial charge in [0.05, 0.1) is 48.1 Å². The van der Waals surface area contributed by atoms with Crippen LogP contribution in [0.3, 0.4) is 0 Å².